The van der Waals surface area contributed by atoms with E-state index in [4.69, 9.17) is 26.1 Å². The summed E-state index contributed by atoms with van der Waals surface area (Å²) in [6.07, 6.45) is 4.40. The number of carbonyl (C=O) groups is 2. The van der Waals surface area contributed by atoms with Crippen LogP contribution in [0.5, 0.6) is 11.6 Å². The first-order chi connectivity index (χ1) is 23.3. The number of carbonyl (C=O) groups excluding carboxylic acids is 2. The molecule has 11 nitrogen and oxygen atoms in total. The molecule has 0 saturated carbocycles. The zero-order valence-corrected chi connectivity index (χ0v) is 28.1. The first-order valence-electron chi connectivity index (χ1n) is 16.2. The van der Waals surface area contributed by atoms with Crippen molar-refractivity contribution >= 4 is 23.4 Å². The van der Waals surface area contributed by atoms with Crippen LogP contribution in [0.3, 0.4) is 0 Å². The van der Waals surface area contributed by atoms with Crippen LogP contribution in [0.2, 0.25) is 5.02 Å². The van der Waals surface area contributed by atoms with Crippen LogP contribution < -0.4 is 30.7 Å². The van der Waals surface area contributed by atoms with E-state index in [1.807, 2.05) is 55.5 Å². The first-order valence-corrected chi connectivity index (χ1v) is 16.5. The van der Waals surface area contributed by atoms with Crippen molar-refractivity contribution in [2.24, 2.45) is 0 Å². The number of halogens is 1. The number of methoxy groups -OCH3 is 2. The molecule has 4 heterocycles. The minimum atomic E-state index is 0.102. The molecule has 4 aromatic rings. The maximum absolute atomic E-state index is 11.5. The summed E-state index contributed by atoms with van der Waals surface area (Å²) in [4.78, 5) is 37.1. The van der Waals surface area contributed by atoms with Crippen LogP contribution in [-0.4, -0.2) is 66.2 Å². The Morgan fingerprint density at radius 1 is 0.833 bits per heavy atom. The van der Waals surface area contributed by atoms with Gasteiger partial charge in [0.2, 0.25) is 17.7 Å². The number of ether oxygens (including phenoxy) is 2. The van der Waals surface area contributed by atoms with Crippen molar-refractivity contribution in [3.05, 3.63) is 76.6 Å². The van der Waals surface area contributed by atoms with Gasteiger partial charge in [-0.15, -0.1) is 0 Å². The van der Waals surface area contributed by atoms with Crippen LogP contribution in [0.15, 0.2) is 54.9 Å². The topological polar surface area (TPSA) is 139 Å². The smallest absolute Gasteiger partial charge is 0.220 e. The molecule has 4 N–H and O–H groups in total. The Kier molecular flexibility index (Phi) is 10.5. The largest absolute Gasteiger partial charge is 0.496 e. The number of nitrogens with zero attached hydrogens (tertiary/aromatic N) is 3. The number of nitrogens with one attached hydrogen (secondary N) is 4. The average Bonchev–Trinajstić information content (AvgIpc) is 3.72. The third-order valence-corrected chi connectivity index (χ3v) is 9.30. The molecule has 12 heteroatoms. The van der Waals surface area contributed by atoms with Gasteiger partial charge in [-0.2, -0.15) is 0 Å². The van der Waals surface area contributed by atoms with Gasteiger partial charge in [0.15, 0.2) is 0 Å². The van der Waals surface area contributed by atoms with Crippen molar-refractivity contribution in [3.8, 4) is 45.4 Å². The molecular weight excluding hydrogens is 630 g/mol. The molecule has 250 valence electrons. The standard InChI is InChI=1S/C36H40ClN7O4/c1-21-34(22-7-8-23(30(15-22)47-2)16-38-18-25-10-13-31(45)42-25)40-20-41-35(21)28-6-4-5-27(33(28)37)29-12-9-24(36(44-29)48-3)17-39-19-26-11-14-32(46)43-26/h4-9,12,15,20,25-26,38-39H,10-11,13-14,16-19H2,1-3H3,(H,42,45)(H,43,46)/t25-,26+/m0/s1. The Labute approximate surface area is 285 Å². The molecule has 2 aliphatic rings. The Hall–Kier alpha value is -4.58. The average molecular weight is 670 g/mol. The van der Waals surface area contributed by atoms with Crippen LogP contribution >= 0.6 is 11.6 Å². The van der Waals surface area contributed by atoms with E-state index in [9.17, 15) is 9.59 Å². The van der Waals surface area contributed by atoms with Gasteiger partial charge in [-0.1, -0.05) is 48.0 Å². The minimum Gasteiger partial charge on any atom is -0.496 e. The highest BCUT2D eigenvalue weighted by Crippen LogP contribution is 2.39. The van der Waals surface area contributed by atoms with Gasteiger partial charge in [0, 0.05) is 84.5 Å². The van der Waals surface area contributed by atoms with E-state index in [0.29, 0.717) is 55.6 Å². The molecule has 0 spiro atoms. The lowest BCUT2D eigenvalue weighted by Gasteiger charge is -2.16. The molecule has 2 amide bonds. The van der Waals surface area contributed by atoms with Gasteiger partial charge in [0.1, 0.15) is 12.1 Å². The fourth-order valence-corrected chi connectivity index (χ4v) is 6.63. The van der Waals surface area contributed by atoms with E-state index in [-0.39, 0.29) is 23.9 Å². The van der Waals surface area contributed by atoms with Crippen molar-refractivity contribution in [2.75, 3.05) is 27.3 Å². The van der Waals surface area contributed by atoms with Gasteiger partial charge in [0.05, 0.1) is 36.3 Å². The quantitative estimate of drug-likeness (QED) is 0.161. The van der Waals surface area contributed by atoms with Crippen LogP contribution in [0, 0.1) is 6.92 Å². The van der Waals surface area contributed by atoms with Crippen molar-refractivity contribution in [3.63, 3.8) is 0 Å². The Morgan fingerprint density at radius 3 is 2.12 bits per heavy atom. The molecule has 0 unspecified atom stereocenters. The molecule has 2 aromatic carbocycles. The predicted molar refractivity (Wildman–Crippen MR) is 185 cm³/mol. The highest BCUT2D eigenvalue weighted by molar-refractivity contribution is 6.36. The molecule has 2 saturated heterocycles. The molecule has 2 fully saturated rings. The van der Waals surface area contributed by atoms with E-state index >= 15 is 0 Å². The first kappa shape index (κ1) is 33.3. The van der Waals surface area contributed by atoms with Gasteiger partial charge >= 0.3 is 0 Å². The van der Waals surface area contributed by atoms with Crippen molar-refractivity contribution in [2.45, 2.75) is 57.8 Å². The zero-order valence-electron chi connectivity index (χ0n) is 27.4. The van der Waals surface area contributed by atoms with Crippen LogP contribution in [0.4, 0.5) is 0 Å². The summed E-state index contributed by atoms with van der Waals surface area (Å²) in [5.74, 6) is 1.47. The van der Waals surface area contributed by atoms with Crippen LogP contribution in [-0.2, 0) is 22.7 Å². The Morgan fingerprint density at radius 2 is 1.48 bits per heavy atom. The van der Waals surface area contributed by atoms with E-state index in [2.05, 4.69) is 31.2 Å². The summed E-state index contributed by atoms with van der Waals surface area (Å²) in [5, 5.41) is 13.3. The minimum absolute atomic E-state index is 0.102. The van der Waals surface area contributed by atoms with Gasteiger partial charge in [0.25, 0.3) is 0 Å². The fraction of sp³-hybridized carbons (Fsp3) is 0.361. The molecule has 6 rings (SSSR count). The van der Waals surface area contributed by atoms with E-state index in [1.54, 1.807) is 20.5 Å². The molecule has 0 bridgehead atoms. The van der Waals surface area contributed by atoms with Crippen LogP contribution in [0.1, 0.15) is 42.4 Å². The van der Waals surface area contributed by atoms with Crippen molar-refractivity contribution in [1.29, 1.82) is 0 Å². The number of benzene rings is 2. The van der Waals surface area contributed by atoms with Gasteiger partial charge < -0.3 is 30.7 Å². The summed E-state index contributed by atoms with van der Waals surface area (Å²) in [6.45, 7) is 4.55. The second-order valence-electron chi connectivity index (χ2n) is 12.1. The fourth-order valence-electron chi connectivity index (χ4n) is 6.32. The van der Waals surface area contributed by atoms with Gasteiger partial charge in [-0.05, 0) is 31.9 Å². The second-order valence-corrected chi connectivity index (χ2v) is 12.5. The maximum Gasteiger partial charge on any atom is 0.220 e. The predicted octanol–water partition coefficient (Wildman–Crippen LogP) is 4.59. The summed E-state index contributed by atoms with van der Waals surface area (Å²) in [5.41, 5.74) is 7.42. The molecule has 48 heavy (non-hydrogen) atoms. The summed E-state index contributed by atoms with van der Waals surface area (Å²) in [7, 11) is 3.26. The second kappa shape index (κ2) is 15.1. The third kappa shape index (κ3) is 7.43. The molecule has 0 radical (unpaired) electrons. The Bertz CT molecular complexity index is 1690. The number of rotatable bonds is 13. The van der Waals surface area contributed by atoms with Crippen molar-refractivity contribution in [1.82, 2.24) is 36.2 Å². The molecule has 2 atom stereocenters. The highest BCUT2D eigenvalue weighted by atomic mass is 35.5. The lowest BCUT2D eigenvalue weighted by atomic mass is 9.98. The SMILES string of the molecule is COc1cc(-c2ncnc(-c3cccc(-c4ccc(CNC[C@H]5CCC(=O)N5)c(OC)n4)c3Cl)c2C)ccc1CNC[C@@H]1CCC(=O)N1. The summed E-state index contributed by atoms with van der Waals surface area (Å²) in [6, 6.07) is 16.1. The number of pyridine rings is 1. The van der Waals surface area contributed by atoms with E-state index in [1.165, 1.54) is 0 Å². The molecule has 0 aliphatic carbocycles. The van der Waals surface area contributed by atoms with Crippen LogP contribution in [0.25, 0.3) is 33.8 Å². The molecular formula is C36H40ClN7O4. The number of hydrogen-bond acceptors (Lipinski definition) is 9. The lowest BCUT2D eigenvalue weighted by molar-refractivity contribution is -0.120. The maximum atomic E-state index is 11.5. The van der Waals surface area contributed by atoms with Gasteiger partial charge in [-0.25, -0.2) is 15.0 Å². The Balaban J connectivity index is 1.20. The summed E-state index contributed by atoms with van der Waals surface area (Å²) >= 11 is 7.09. The number of hydrogen-bond donors (Lipinski definition) is 4. The van der Waals surface area contributed by atoms with E-state index in [0.717, 1.165) is 63.4 Å². The normalized spacial score (nSPS) is 17.3. The third-order valence-electron chi connectivity index (χ3n) is 8.89. The monoisotopic (exact) mass is 669 g/mol. The summed E-state index contributed by atoms with van der Waals surface area (Å²) < 4.78 is 11.4. The number of amides is 2. The lowest BCUT2D eigenvalue weighted by Crippen LogP contribution is -2.35. The molecule has 2 aliphatic heterocycles. The van der Waals surface area contributed by atoms with E-state index < -0.39 is 0 Å². The van der Waals surface area contributed by atoms with Crippen molar-refractivity contribution < 1.29 is 19.1 Å². The zero-order chi connectivity index (χ0) is 33.6. The van der Waals surface area contributed by atoms with Gasteiger partial charge in [-0.3, -0.25) is 9.59 Å². The molecule has 2 aromatic heterocycles. The highest BCUT2D eigenvalue weighted by Gasteiger charge is 2.22. The number of aromatic nitrogens is 3.